The number of fused-ring (bicyclic) bond motifs is 1. The standard InChI is InChI=1S/C13H12N2O3S.BrH/c14-13-15(3-6-19-13)8-10(16)9-1-2-11-12(7-9)18-5-4-17-11;/h1-3,6-7,14H,4-5,8H2;1H/p-1. The van der Waals surface area contributed by atoms with Crippen molar-refractivity contribution < 1.29 is 31.2 Å². The van der Waals surface area contributed by atoms with Gasteiger partial charge in [0.05, 0.1) is 6.54 Å². The highest BCUT2D eigenvalue weighted by molar-refractivity contribution is 7.06. The molecule has 1 N–H and O–H groups in total. The van der Waals surface area contributed by atoms with Crippen molar-refractivity contribution in [2.45, 2.75) is 6.54 Å². The van der Waals surface area contributed by atoms with E-state index < -0.39 is 0 Å². The first-order valence-electron chi connectivity index (χ1n) is 5.85. The Kier molecular flexibility index (Phi) is 4.61. The molecule has 0 saturated carbocycles. The highest BCUT2D eigenvalue weighted by atomic mass is 79.9. The maximum Gasteiger partial charge on any atom is 0.182 e. The molecule has 0 amide bonds. The average molecular weight is 356 g/mol. The fraction of sp³-hybridized carbons (Fsp3) is 0.231. The highest BCUT2D eigenvalue weighted by Crippen LogP contribution is 2.30. The van der Waals surface area contributed by atoms with Gasteiger partial charge in [-0.2, -0.15) is 0 Å². The molecular weight excluding hydrogens is 344 g/mol. The largest absolute Gasteiger partial charge is 1.00 e. The lowest BCUT2D eigenvalue weighted by Gasteiger charge is -2.18. The third-order valence-electron chi connectivity index (χ3n) is 2.86. The van der Waals surface area contributed by atoms with E-state index >= 15 is 0 Å². The van der Waals surface area contributed by atoms with Crippen molar-refractivity contribution in [2.24, 2.45) is 0 Å². The number of halogens is 1. The maximum atomic E-state index is 12.2. The number of benzene rings is 1. The number of thiazole rings is 1. The number of ether oxygens (including phenoxy) is 2. The van der Waals surface area contributed by atoms with Gasteiger partial charge in [-0.1, -0.05) is 0 Å². The Balaban J connectivity index is 0.00000147. The molecule has 3 rings (SSSR count). The van der Waals surface area contributed by atoms with Crippen molar-refractivity contribution in [1.82, 2.24) is 4.57 Å². The minimum absolute atomic E-state index is 0. The van der Waals surface area contributed by atoms with Gasteiger partial charge in [0.15, 0.2) is 22.1 Å². The number of hydrogen-bond donors (Lipinski definition) is 1. The molecule has 7 heteroatoms. The van der Waals surface area contributed by atoms with Gasteiger partial charge in [0.1, 0.15) is 13.2 Å². The first-order valence-corrected chi connectivity index (χ1v) is 6.73. The van der Waals surface area contributed by atoms with Crippen LogP contribution in [0, 0.1) is 5.41 Å². The first kappa shape index (κ1) is 14.8. The van der Waals surface area contributed by atoms with Crippen LogP contribution in [-0.2, 0) is 6.54 Å². The summed E-state index contributed by atoms with van der Waals surface area (Å²) in [6.45, 7) is 1.20. The zero-order valence-electron chi connectivity index (χ0n) is 10.5. The van der Waals surface area contributed by atoms with Crippen molar-refractivity contribution in [3.05, 3.63) is 40.1 Å². The molecule has 0 saturated heterocycles. The second-order valence-corrected chi connectivity index (χ2v) is 5.01. The quantitative estimate of drug-likeness (QED) is 0.695. The van der Waals surface area contributed by atoms with Gasteiger partial charge in [-0.05, 0) is 18.2 Å². The lowest BCUT2D eigenvalue weighted by molar-refractivity contribution is -0.0000125. The van der Waals surface area contributed by atoms with Gasteiger partial charge in [0, 0.05) is 17.1 Å². The molecule has 2 heterocycles. The zero-order chi connectivity index (χ0) is 13.2. The number of rotatable bonds is 3. The second-order valence-electron chi connectivity index (χ2n) is 4.12. The van der Waals surface area contributed by atoms with Crippen LogP contribution in [0.25, 0.3) is 0 Å². The van der Waals surface area contributed by atoms with Gasteiger partial charge >= 0.3 is 0 Å². The lowest BCUT2D eigenvalue weighted by atomic mass is 10.1. The number of carbonyl (C=O) groups is 1. The minimum atomic E-state index is -0.0473. The van der Waals surface area contributed by atoms with E-state index in [0.717, 1.165) is 0 Å². The number of aromatic nitrogens is 1. The molecule has 0 aliphatic carbocycles. The van der Waals surface area contributed by atoms with Crippen LogP contribution in [0.15, 0.2) is 29.8 Å². The van der Waals surface area contributed by atoms with Gasteiger partial charge in [0.2, 0.25) is 0 Å². The van der Waals surface area contributed by atoms with E-state index in [1.165, 1.54) is 11.3 Å². The normalized spacial score (nSPS) is 12.6. The van der Waals surface area contributed by atoms with Gasteiger partial charge < -0.3 is 31.0 Å². The predicted molar refractivity (Wildman–Crippen MR) is 69.9 cm³/mol. The summed E-state index contributed by atoms with van der Waals surface area (Å²) < 4.78 is 12.5. The Morgan fingerprint density at radius 1 is 1.30 bits per heavy atom. The van der Waals surface area contributed by atoms with Gasteiger partial charge in [-0.3, -0.25) is 10.2 Å². The fourth-order valence-corrected chi connectivity index (χ4v) is 2.49. The molecule has 20 heavy (non-hydrogen) atoms. The number of hydrogen-bond acceptors (Lipinski definition) is 5. The molecule has 0 bridgehead atoms. The van der Waals surface area contributed by atoms with E-state index in [1.807, 2.05) is 0 Å². The maximum absolute atomic E-state index is 12.2. The Hall–Kier alpha value is -1.60. The van der Waals surface area contributed by atoms with E-state index in [-0.39, 0.29) is 29.3 Å². The summed E-state index contributed by atoms with van der Waals surface area (Å²) >= 11 is 1.30. The molecule has 1 aromatic carbocycles. The molecule has 0 spiro atoms. The van der Waals surface area contributed by atoms with E-state index in [1.54, 1.807) is 34.3 Å². The molecular formula is C13H12BrN2O3S-. The van der Waals surface area contributed by atoms with Crippen molar-refractivity contribution in [2.75, 3.05) is 13.2 Å². The highest BCUT2D eigenvalue weighted by Gasteiger charge is 2.15. The van der Waals surface area contributed by atoms with E-state index in [4.69, 9.17) is 14.9 Å². The number of Topliss-reactive ketones (excluding diaryl/α,β-unsaturated/α-hetero) is 1. The summed E-state index contributed by atoms with van der Waals surface area (Å²) in [6, 6.07) is 5.18. The number of nitrogens with one attached hydrogen (secondary N) is 1. The summed E-state index contributed by atoms with van der Waals surface area (Å²) in [6.07, 6.45) is 1.74. The van der Waals surface area contributed by atoms with Crippen LogP contribution in [-0.4, -0.2) is 23.6 Å². The first-order chi connectivity index (χ1) is 9.24. The number of nitrogens with zero attached hydrogens (tertiary/aromatic N) is 1. The Morgan fingerprint density at radius 2 is 2.05 bits per heavy atom. The van der Waals surface area contributed by atoms with Crippen molar-refractivity contribution >= 4 is 17.1 Å². The summed E-state index contributed by atoms with van der Waals surface area (Å²) in [5.41, 5.74) is 0.572. The second kappa shape index (κ2) is 6.23. The van der Waals surface area contributed by atoms with Crippen LogP contribution < -0.4 is 31.3 Å². The summed E-state index contributed by atoms with van der Waals surface area (Å²) in [5, 5.41) is 9.43. The summed E-state index contributed by atoms with van der Waals surface area (Å²) in [5.74, 6) is 1.24. The molecule has 1 aromatic heterocycles. The van der Waals surface area contributed by atoms with Crippen LogP contribution >= 0.6 is 11.3 Å². The molecule has 0 unspecified atom stereocenters. The SMILES string of the molecule is N=c1sccn1CC(=O)c1ccc2c(c1)OCCO2.[Br-]. The third-order valence-corrected chi connectivity index (χ3v) is 3.58. The van der Waals surface area contributed by atoms with Crippen LogP contribution in [0.5, 0.6) is 11.5 Å². The van der Waals surface area contributed by atoms with Crippen molar-refractivity contribution in [3.8, 4) is 11.5 Å². The summed E-state index contributed by atoms with van der Waals surface area (Å²) in [7, 11) is 0. The number of ketones is 1. The zero-order valence-corrected chi connectivity index (χ0v) is 12.9. The monoisotopic (exact) mass is 355 g/mol. The molecule has 1 aliphatic rings. The molecule has 2 aromatic rings. The topological polar surface area (TPSA) is 64.3 Å². The van der Waals surface area contributed by atoms with Gasteiger partial charge in [-0.25, -0.2) is 0 Å². The smallest absolute Gasteiger partial charge is 0.182 e. The van der Waals surface area contributed by atoms with Crippen LogP contribution in [0.4, 0.5) is 0 Å². The molecule has 1 aliphatic heterocycles. The van der Waals surface area contributed by atoms with E-state index in [9.17, 15) is 4.79 Å². The molecule has 106 valence electrons. The third kappa shape index (κ3) is 2.94. The summed E-state index contributed by atoms with van der Waals surface area (Å²) in [4.78, 5) is 12.5. The van der Waals surface area contributed by atoms with Gasteiger partial charge in [-0.15, -0.1) is 11.3 Å². The Labute approximate surface area is 130 Å². The average Bonchev–Trinajstić information content (AvgIpc) is 2.84. The fourth-order valence-electron chi connectivity index (χ4n) is 1.89. The molecule has 0 fully saturated rings. The van der Waals surface area contributed by atoms with E-state index in [0.29, 0.717) is 35.1 Å². The lowest BCUT2D eigenvalue weighted by Crippen LogP contribution is -3.00. The van der Waals surface area contributed by atoms with Crippen LogP contribution in [0.2, 0.25) is 0 Å². The van der Waals surface area contributed by atoms with Crippen molar-refractivity contribution in [3.63, 3.8) is 0 Å². The molecule has 0 atom stereocenters. The molecule has 5 nitrogen and oxygen atoms in total. The number of carbonyl (C=O) groups excluding carboxylic acids is 1. The predicted octanol–water partition coefficient (Wildman–Crippen LogP) is -1.31. The Morgan fingerprint density at radius 3 is 2.75 bits per heavy atom. The van der Waals surface area contributed by atoms with Crippen molar-refractivity contribution in [1.29, 1.82) is 5.41 Å². The minimum Gasteiger partial charge on any atom is -1.00 e. The van der Waals surface area contributed by atoms with Crippen LogP contribution in [0.3, 0.4) is 0 Å². The van der Waals surface area contributed by atoms with E-state index in [2.05, 4.69) is 0 Å². The Bertz CT molecular complexity index is 680. The molecule has 0 radical (unpaired) electrons. The van der Waals surface area contributed by atoms with Crippen LogP contribution in [0.1, 0.15) is 10.4 Å². The van der Waals surface area contributed by atoms with Gasteiger partial charge in [0.25, 0.3) is 0 Å².